The van der Waals surface area contributed by atoms with Crippen LogP contribution in [0.4, 0.5) is 0 Å². The van der Waals surface area contributed by atoms with E-state index in [1.807, 2.05) is 13.8 Å². The van der Waals surface area contributed by atoms with Crippen molar-refractivity contribution in [1.29, 1.82) is 5.26 Å². The Labute approximate surface area is 128 Å². The molecular weight excluding hydrogens is 242 g/mol. The van der Waals surface area contributed by atoms with Crippen molar-refractivity contribution in [2.75, 3.05) is 0 Å². The maximum Gasteiger partial charge on any atom is 0.0655 e. The van der Waals surface area contributed by atoms with E-state index in [1.54, 1.807) is 0 Å². The Morgan fingerprint density at radius 2 is 1.50 bits per heavy atom. The first kappa shape index (κ1) is 19.5. The standard InChI is InChI=1S/C17H31N.C2H6/c1-5-13(2)14(3)6-7-15(4)17-10-8-16(12-18)9-11-17;1-2/h13-17H,5-11H2,1-4H3;1-2H3. The van der Waals surface area contributed by atoms with Gasteiger partial charge in [-0.25, -0.2) is 0 Å². The fourth-order valence-electron chi connectivity index (χ4n) is 3.27. The van der Waals surface area contributed by atoms with E-state index in [9.17, 15) is 0 Å². The number of rotatable bonds is 6. The van der Waals surface area contributed by atoms with Crippen LogP contribution in [0.15, 0.2) is 0 Å². The predicted molar refractivity (Wildman–Crippen MR) is 89.4 cm³/mol. The average molecular weight is 280 g/mol. The lowest BCUT2D eigenvalue weighted by Gasteiger charge is -2.31. The van der Waals surface area contributed by atoms with Crippen LogP contribution in [0.5, 0.6) is 0 Å². The molecule has 0 radical (unpaired) electrons. The van der Waals surface area contributed by atoms with Crippen molar-refractivity contribution in [2.45, 2.75) is 86.5 Å². The molecule has 0 spiro atoms. The number of hydrogen-bond acceptors (Lipinski definition) is 1. The van der Waals surface area contributed by atoms with Crippen molar-refractivity contribution in [3.8, 4) is 6.07 Å². The van der Waals surface area contributed by atoms with Crippen LogP contribution in [0.1, 0.15) is 86.5 Å². The summed E-state index contributed by atoms with van der Waals surface area (Å²) in [6.07, 6.45) is 8.94. The summed E-state index contributed by atoms with van der Waals surface area (Å²) in [5.74, 6) is 3.83. The molecule has 20 heavy (non-hydrogen) atoms. The van der Waals surface area contributed by atoms with Crippen molar-refractivity contribution in [2.24, 2.45) is 29.6 Å². The Kier molecular flexibility index (Phi) is 10.9. The van der Waals surface area contributed by atoms with Crippen LogP contribution in [0.2, 0.25) is 0 Å². The average Bonchev–Trinajstić information content (AvgIpc) is 2.53. The Balaban J connectivity index is 0.00000172. The Bertz CT molecular complexity index is 257. The molecule has 3 unspecified atom stereocenters. The predicted octanol–water partition coefficient (Wildman–Crippen LogP) is 6.44. The molecule has 0 aromatic carbocycles. The molecule has 1 aliphatic carbocycles. The van der Waals surface area contributed by atoms with Gasteiger partial charge in [-0.3, -0.25) is 0 Å². The fourth-order valence-corrected chi connectivity index (χ4v) is 3.27. The van der Waals surface area contributed by atoms with Gasteiger partial charge in [-0.15, -0.1) is 0 Å². The van der Waals surface area contributed by atoms with Gasteiger partial charge in [0, 0.05) is 5.92 Å². The van der Waals surface area contributed by atoms with E-state index in [0.717, 1.165) is 36.5 Å². The molecular formula is C19H37N. The highest BCUT2D eigenvalue weighted by Crippen LogP contribution is 2.35. The van der Waals surface area contributed by atoms with Crippen LogP contribution in [0.25, 0.3) is 0 Å². The molecule has 1 heteroatoms. The van der Waals surface area contributed by atoms with Gasteiger partial charge in [0.25, 0.3) is 0 Å². The van der Waals surface area contributed by atoms with Gasteiger partial charge in [-0.2, -0.15) is 5.26 Å². The Morgan fingerprint density at radius 1 is 0.950 bits per heavy atom. The smallest absolute Gasteiger partial charge is 0.0655 e. The first-order valence-corrected chi connectivity index (χ1v) is 8.98. The van der Waals surface area contributed by atoms with Gasteiger partial charge in [-0.05, 0) is 49.4 Å². The lowest BCUT2D eigenvalue weighted by Crippen LogP contribution is -2.20. The highest BCUT2D eigenvalue weighted by atomic mass is 14.3. The largest absolute Gasteiger partial charge is 0.198 e. The molecule has 0 aromatic heterocycles. The summed E-state index contributed by atoms with van der Waals surface area (Å²) >= 11 is 0. The van der Waals surface area contributed by atoms with E-state index < -0.39 is 0 Å². The van der Waals surface area contributed by atoms with E-state index in [0.29, 0.717) is 5.92 Å². The van der Waals surface area contributed by atoms with E-state index in [4.69, 9.17) is 5.26 Å². The summed E-state index contributed by atoms with van der Waals surface area (Å²) in [5.41, 5.74) is 0. The Hall–Kier alpha value is -0.510. The lowest BCUT2D eigenvalue weighted by atomic mass is 9.74. The second-order valence-electron chi connectivity index (χ2n) is 6.66. The van der Waals surface area contributed by atoms with Crippen molar-refractivity contribution < 1.29 is 0 Å². The number of nitriles is 1. The molecule has 118 valence electrons. The maximum absolute atomic E-state index is 8.93. The van der Waals surface area contributed by atoms with Crippen LogP contribution in [-0.4, -0.2) is 0 Å². The van der Waals surface area contributed by atoms with Crippen molar-refractivity contribution in [1.82, 2.24) is 0 Å². The minimum absolute atomic E-state index is 0.354. The zero-order chi connectivity index (χ0) is 15.5. The first-order chi connectivity index (χ1) is 9.58. The van der Waals surface area contributed by atoms with Crippen LogP contribution in [-0.2, 0) is 0 Å². The third kappa shape index (κ3) is 6.78. The molecule has 0 bridgehead atoms. The normalized spacial score (nSPS) is 26.6. The molecule has 1 nitrogen and oxygen atoms in total. The van der Waals surface area contributed by atoms with E-state index in [1.165, 1.54) is 32.1 Å². The molecule has 3 atom stereocenters. The minimum Gasteiger partial charge on any atom is -0.198 e. The summed E-state index contributed by atoms with van der Waals surface area (Å²) in [6.45, 7) is 13.5. The molecule has 0 amide bonds. The molecule has 0 N–H and O–H groups in total. The van der Waals surface area contributed by atoms with Gasteiger partial charge in [0.1, 0.15) is 0 Å². The van der Waals surface area contributed by atoms with Crippen LogP contribution < -0.4 is 0 Å². The summed E-state index contributed by atoms with van der Waals surface area (Å²) in [4.78, 5) is 0. The van der Waals surface area contributed by atoms with Gasteiger partial charge in [0.15, 0.2) is 0 Å². The minimum atomic E-state index is 0.354. The molecule has 0 heterocycles. The van der Waals surface area contributed by atoms with Crippen LogP contribution >= 0.6 is 0 Å². The summed E-state index contributed by atoms with van der Waals surface area (Å²) < 4.78 is 0. The zero-order valence-corrected chi connectivity index (χ0v) is 14.8. The van der Waals surface area contributed by atoms with Gasteiger partial charge < -0.3 is 0 Å². The van der Waals surface area contributed by atoms with E-state index >= 15 is 0 Å². The second kappa shape index (κ2) is 11.2. The van der Waals surface area contributed by atoms with E-state index in [-0.39, 0.29) is 0 Å². The maximum atomic E-state index is 8.93. The SMILES string of the molecule is CC.CCC(C)C(C)CCC(C)C1CCC(C#N)CC1. The number of nitrogens with zero attached hydrogens (tertiary/aromatic N) is 1. The zero-order valence-electron chi connectivity index (χ0n) is 14.8. The van der Waals surface area contributed by atoms with Gasteiger partial charge >= 0.3 is 0 Å². The second-order valence-corrected chi connectivity index (χ2v) is 6.66. The third-order valence-electron chi connectivity index (χ3n) is 5.45. The van der Waals surface area contributed by atoms with E-state index in [2.05, 4.69) is 33.8 Å². The van der Waals surface area contributed by atoms with Crippen LogP contribution in [0.3, 0.4) is 0 Å². The number of hydrogen-bond donors (Lipinski definition) is 0. The van der Waals surface area contributed by atoms with Gasteiger partial charge in [-0.1, -0.05) is 60.8 Å². The summed E-state index contributed by atoms with van der Waals surface area (Å²) in [7, 11) is 0. The molecule has 1 aliphatic rings. The van der Waals surface area contributed by atoms with Crippen molar-refractivity contribution in [3.05, 3.63) is 0 Å². The lowest BCUT2D eigenvalue weighted by molar-refractivity contribution is 0.211. The van der Waals surface area contributed by atoms with Crippen molar-refractivity contribution >= 4 is 0 Å². The highest BCUT2D eigenvalue weighted by Gasteiger charge is 2.25. The highest BCUT2D eigenvalue weighted by molar-refractivity contribution is 4.88. The molecule has 0 aromatic rings. The topological polar surface area (TPSA) is 23.8 Å². The monoisotopic (exact) mass is 279 g/mol. The first-order valence-electron chi connectivity index (χ1n) is 8.98. The quantitative estimate of drug-likeness (QED) is 0.548. The fraction of sp³-hybridized carbons (Fsp3) is 0.947. The van der Waals surface area contributed by atoms with Gasteiger partial charge in [0.2, 0.25) is 0 Å². The third-order valence-corrected chi connectivity index (χ3v) is 5.45. The molecule has 0 aliphatic heterocycles. The molecule has 1 fully saturated rings. The molecule has 1 saturated carbocycles. The molecule has 0 saturated heterocycles. The van der Waals surface area contributed by atoms with Crippen molar-refractivity contribution in [3.63, 3.8) is 0 Å². The van der Waals surface area contributed by atoms with Crippen LogP contribution in [0, 0.1) is 40.9 Å². The summed E-state index contributed by atoms with van der Waals surface area (Å²) in [5, 5.41) is 8.93. The molecule has 1 rings (SSSR count). The Morgan fingerprint density at radius 3 is 1.95 bits per heavy atom. The van der Waals surface area contributed by atoms with Gasteiger partial charge in [0.05, 0.1) is 6.07 Å². The summed E-state index contributed by atoms with van der Waals surface area (Å²) in [6, 6.07) is 2.44.